The molecule has 1 N–H and O–H groups in total. The second-order valence-corrected chi connectivity index (χ2v) is 7.91. The molecule has 2 aromatic rings. The van der Waals surface area contributed by atoms with Crippen molar-refractivity contribution in [3.05, 3.63) is 35.5 Å². The van der Waals surface area contributed by atoms with Crippen LogP contribution in [0.15, 0.2) is 30.6 Å². The van der Waals surface area contributed by atoms with E-state index in [-0.39, 0.29) is 5.91 Å². The summed E-state index contributed by atoms with van der Waals surface area (Å²) in [6, 6.07) is 5.99. The lowest BCUT2D eigenvalue weighted by Crippen LogP contribution is -2.41. The average Bonchev–Trinajstić information content (AvgIpc) is 3.21. The van der Waals surface area contributed by atoms with Gasteiger partial charge in [-0.1, -0.05) is 0 Å². The van der Waals surface area contributed by atoms with Crippen molar-refractivity contribution in [3.63, 3.8) is 0 Å². The molecule has 2 aliphatic heterocycles. The van der Waals surface area contributed by atoms with E-state index in [1.54, 1.807) is 23.7 Å². The summed E-state index contributed by atoms with van der Waals surface area (Å²) in [6.07, 6.45) is 3.58. The molecule has 0 saturated carbocycles. The molecule has 8 heteroatoms. The fraction of sp³-hybridized carbons (Fsp3) is 0.500. The van der Waals surface area contributed by atoms with Crippen LogP contribution in [0.4, 0.5) is 5.00 Å². The number of carbonyl (C=O) groups is 1. The molecule has 0 bridgehead atoms. The van der Waals surface area contributed by atoms with Gasteiger partial charge in [-0.3, -0.25) is 14.7 Å². The van der Waals surface area contributed by atoms with Crippen LogP contribution in [0.1, 0.15) is 9.67 Å². The Morgan fingerprint density at radius 3 is 2.46 bits per heavy atom. The first-order valence-corrected chi connectivity index (χ1v) is 10.6. The van der Waals surface area contributed by atoms with Crippen LogP contribution in [0.3, 0.4) is 0 Å². The molecule has 2 fully saturated rings. The van der Waals surface area contributed by atoms with Gasteiger partial charge in [-0.05, 0) is 23.8 Å². The minimum atomic E-state index is -0.00641. The Bertz CT molecular complexity index is 771. The number of aromatic nitrogens is 1. The number of nitrogens with one attached hydrogen (secondary N) is 1. The van der Waals surface area contributed by atoms with Crippen LogP contribution < -0.4 is 10.2 Å². The van der Waals surface area contributed by atoms with Gasteiger partial charge in [0.05, 0.1) is 36.3 Å². The van der Waals surface area contributed by atoms with E-state index in [4.69, 9.17) is 9.47 Å². The SMILES string of the molecule is O=C(NCCN1CCOCC1)c1cc(-c2ccncc2)c(N2CCOCC2)s1. The van der Waals surface area contributed by atoms with Gasteiger partial charge in [0.2, 0.25) is 0 Å². The van der Waals surface area contributed by atoms with Crippen molar-refractivity contribution in [2.45, 2.75) is 0 Å². The van der Waals surface area contributed by atoms with Gasteiger partial charge in [0.1, 0.15) is 0 Å². The zero-order valence-corrected chi connectivity index (χ0v) is 16.7. The van der Waals surface area contributed by atoms with Gasteiger partial charge in [0.25, 0.3) is 5.91 Å². The third-order valence-corrected chi connectivity index (χ3v) is 6.24. The maximum absolute atomic E-state index is 12.8. The predicted molar refractivity (Wildman–Crippen MR) is 110 cm³/mol. The summed E-state index contributed by atoms with van der Waals surface area (Å²) in [7, 11) is 0. The highest BCUT2D eigenvalue weighted by molar-refractivity contribution is 7.18. The summed E-state index contributed by atoms with van der Waals surface area (Å²) < 4.78 is 10.9. The second kappa shape index (κ2) is 9.47. The van der Waals surface area contributed by atoms with Crippen molar-refractivity contribution in [3.8, 4) is 11.1 Å². The third-order valence-electron chi connectivity index (χ3n) is 5.04. The van der Waals surface area contributed by atoms with Crippen LogP contribution in [-0.2, 0) is 9.47 Å². The zero-order chi connectivity index (χ0) is 19.2. The molecule has 2 saturated heterocycles. The summed E-state index contributed by atoms with van der Waals surface area (Å²) in [4.78, 5) is 22.3. The molecule has 0 aromatic carbocycles. The highest BCUT2D eigenvalue weighted by atomic mass is 32.1. The number of rotatable bonds is 6. The molecular formula is C20H26N4O3S. The van der Waals surface area contributed by atoms with Crippen molar-refractivity contribution in [1.82, 2.24) is 15.2 Å². The Labute approximate surface area is 169 Å². The molecule has 0 spiro atoms. The Balaban J connectivity index is 1.47. The van der Waals surface area contributed by atoms with Crippen molar-refractivity contribution >= 4 is 22.2 Å². The minimum Gasteiger partial charge on any atom is -0.379 e. The van der Waals surface area contributed by atoms with Crippen molar-refractivity contribution in [2.24, 2.45) is 0 Å². The van der Waals surface area contributed by atoms with Gasteiger partial charge in [-0.25, -0.2) is 0 Å². The lowest BCUT2D eigenvalue weighted by atomic mass is 10.1. The maximum atomic E-state index is 12.8. The molecule has 0 atom stereocenters. The van der Waals surface area contributed by atoms with Gasteiger partial charge in [0, 0.05) is 57.2 Å². The topological polar surface area (TPSA) is 66.9 Å². The van der Waals surface area contributed by atoms with Crippen LogP contribution in [0, 0.1) is 0 Å². The number of ether oxygens (including phenoxy) is 2. The molecule has 4 rings (SSSR count). The molecular weight excluding hydrogens is 376 g/mol. The minimum absolute atomic E-state index is 0.00641. The van der Waals surface area contributed by atoms with Crippen LogP contribution in [-0.4, -0.2) is 81.5 Å². The second-order valence-electron chi connectivity index (χ2n) is 6.87. The molecule has 4 heterocycles. The lowest BCUT2D eigenvalue weighted by molar-refractivity contribution is 0.0383. The molecule has 150 valence electrons. The Morgan fingerprint density at radius 2 is 1.75 bits per heavy atom. The highest BCUT2D eigenvalue weighted by Gasteiger charge is 2.22. The lowest BCUT2D eigenvalue weighted by Gasteiger charge is -2.28. The van der Waals surface area contributed by atoms with Crippen LogP contribution in [0.5, 0.6) is 0 Å². The fourth-order valence-corrected chi connectivity index (χ4v) is 4.62. The Morgan fingerprint density at radius 1 is 1.07 bits per heavy atom. The zero-order valence-electron chi connectivity index (χ0n) is 15.9. The number of nitrogens with zero attached hydrogens (tertiary/aromatic N) is 3. The molecule has 2 aliphatic rings. The van der Waals surface area contributed by atoms with E-state index >= 15 is 0 Å². The first kappa shape index (κ1) is 19.3. The summed E-state index contributed by atoms with van der Waals surface area (Å²) in [6.45, 7) is 8.04. The standard InChI is InChI=1S/C20H26N4O3S/c25-19(22-5-6-23-7-11-26-12-8-23)18-15-17(16-1-3-21-4-2-16)20(28-18)24-9-13-27-14-10-24/h1-4,15H,5-14H2,(H,22,25). The average molecular weight is 403 g/mol. The number of hydrogen-bond donors (Lipinski definition) is 1. The van der Waals surface area contributed by atoms with E-state index in [1.165, 1.54) is 0 Å². The molecule has 28 heavy (non-hydrogen) atoms. The normalized spacial score (nSPS) is 18.2. The molecule has 0 aliphatic carbocycles. The summed E-state index contributed by atoms with van der Waals surface area (Å²) in [5, 5.41) is 4.21. The van der Waals surface area contributed by atoms with Crippen LogP contribution in [0.2, 0.25) is 0 Å². The van der Waals surface area contributed by atoms with E-state index in [0.29, 0.717) is 6.54 Å². The van der Waals surface area contributed by atoms with Crippen molar-refractivity contribution < 1.29 is 14.3 Å². The number of carbonyl (C=O) groups excluding carboxylic acids is 1. The largest absolute Gasteiger partial charge is 0.379 e. The maximum Gasteiger partial charge on any atom is 0.261 e. The monoisotopic (exact) mass is 402 g/mol. The quantitative estimate of drug-likeness (QED) is 0.794. The summed E-state index contributed by atoms with van der Waals surface area (Å²) >= 11 is 1.56. The van der Waals surface area contributed by atoms with E-state index in [1.807, 2.05) is 18.2 Å². The number of hydrogen-bond acceptors (Lipinski definition) is 7. The predicted octanol–water partition coefficient (Wildman–Crippen LogP) is 1.71. The van der Waals surface area contributed by atoms with Crippen molar-refractivity contribution in [2.75, 3.05) is 70.6 Å². The fourth-order valence-electron chi connectivity index (χ4n) is 3.47. The summed E-state index contributed by atoms with van der Waals surface area (Å²) in [5.74, 6) is -0.00641. The van der Waals surface area contributed by atoms with Crippen LogP contribution >= 0.6 is 11.3 Å². The van der Waals surface area contributed by atoms with Gasteiger partial charge in [-0.15, -0.1) is 11.3 Å². The molecule has 0 unspecified atom stereocenters. The molecule has 2 aromatic heterocycles. The number of anilines is 1. The number of morpholine rings is 2. The number of thiophene rings is 1. The van der Waals surface area contributed by atoms with Crippen LogP contribution in [0.25, 0.3) is 11.1 Å². The van der Waals surface area contributed by atoms with E-state index in [9.17, 15) is 4.79 Å². The Kier molecular flexibility index (Phi) is 6.53. The third kappa shape index (κ3) is 4.70. The summed E-state index contributed by atoms with van der Waals surface area (Å²) in [5.41, 5.74) is 2.17. The van der Waals surface area contributed by atoms with E-state index < -0.39 is 0 Å². The van der Waals surface area contributed by atoms with E-state index in [2.05, 4.69) is 20.1 Å². The first-order valence-electron chi connectivity index (χ1n) is 9.76. The van der Waals surface area contributed by atoms with Gasteiger partial charge in [0.15, 0.2) is 0 Å². The Hall–Kier alpha value is -2.00. The number of amides is 1. The molecule has 1 amide bonds. The van der Waals surface area contributed by atoms with Crippen molar-refractivity contribution in [1.29, 1.82) is 0 Å². The highest BCUT2D eigenvalue weighted by Crippen LogP contribution is 2.39. The first-order chi connectivity index (χ1) is 13.8. The smallest absolute Gasteiger partial charge is 0.261 e. The number of pyridine rings is 1. The van der Waals surface area contributed by atoms with Gasteiger partial charge < -0.3 is 19.7 Å². The molecule has 0 radical (unpaired) electrons. The molecule has 7 nitrogen and oxygen atoms in total. The van der Waals surface area contributed by atoms with E-state index in [0.717, 1.165) is 80.2 Å². The van der Waals surface area contributed by atoms with Gasteiger partial charge >= 0.3 is 0 Å². The van der Waals surface area contributed by atoms with Gasteiger partial charge in [-0.2, -0.15) is 0 Å².